The van der Waals surface area contributed by atoms with Crippen LogP contribution in [-0.2, 0) is 24.8 Å². The molecule has 1 amide bonds. The summed E-state index contributed by atoms with van der Waals surface area (Å²) in [7, 11) is 1.82. The van der Waals surface area contributed by atoms with Crippen LogP contribution < -0.4 is 10.9 Å². The number of amides is 1. The summed E-state index contributed by atoms with van der Waals surface area (Å²) in [5, 5.41) is 6.41. The number of aromatic nitrogens is 2. The van der Waals surface area contributed by atoms with E-state index in [4.69, 9.17) is 11.6 Å². The molecule has 2 heterocycles. The predicted octanol–water partition coefficient (Wildman–Crippen LogP) is 1.60. The number of nitrogens with zero attached hydrogens (tertiary/aromatic N) is 2. The number of H-pyrrole nitrogens is 1. The minimum Gasteiger partial charge on any atom is -0.348 e. The number of nitrogens with one attached hydrogen (secondary N) is 2. The summed E-state index contributed by atoms with van der Waals surface area (Å²) in [4.78, 5) is 26.1. The molecular weight excluding hydrogens is 328 g/mol. The van der Waals surface area contributed by atoms with Gasteiger partial charge in [-0.2, -0.15) is 0 Å². The number of hydrogen-bond donors (Lipinski definition) is 2. The van der Waals surface area contributed by atoms with Crippen LogP contribution in [0.4, 0.5) is 0 Å². The summed E-state index contributed by atoms with van der Waals surface area (Å²) in [6.07, 6.45) is 0.666. The number of carbonyl (C=O) groups excluding carboxylic acids is 1. The van der Waals surface area contributed by atoms with Gasteiger partial charge in [-0.1, -0.05) is 29.8 Å². The van der Waals surface area contributed by atoms with Crippen LogP contribution in [0, 0.1) is 0 Å². The summed E-state index contributed by atoms with van der Waals surface area (Å²) in [6.45, 7) is 3.52. The Morgan fingerprint density at radius 2 is 2.17 bits per heavy atom. The third-order valence-corrected chi connectivity index (χ3v) is 4.81. The van der Waals surface area contributed by atoms with Gasteiger partial charge in [0.15, 0.2) is 0 Å². The molecule has 0 aliphatic carbocycles. The van der Waals surface area contributed by atoms with Crippen molar-refractivity contribution in [2.45, 2.75) is 25.9 Å². The van der Waals surface area contributed by atoms with E-state index in [0.717, 1.165) is 16.8 Å². The Kier molecular flexibility index (Phi) is 4.78. The molecule has 6 nitrogen and oxygen atoms in total. The highest BCUT2D eigenvalue weighted by Gasteiger charge is 2.24. The number of rotatable bonds is 4. The molecule has 0 bridgehead atoms. The van der Waals surface area contributed by atoms with Gasteiger partial charge in [-0.05, 0) is 25.0 Å². The van der Waals surface area contributed by atoms with E-state index in [0.29, 0.717) is 31.1 Å². The first-order valence-electron chi connectivity index (χ1n) is 7.98. The maximum absolute atomic E-state index is 12.3. The number of carbonyl (C=O) groups is 1. The van der Waals surface area contributed by atoms with Crippen LogP contribution in [0.1, 0.15) is 29.8 Å². The number of aromatic amines is 1. The molecule has 2 N–H and O–H groups in total. The lowest BCUT2D eigenvalue weighted by molar-refractivity contribution is -0.123. The zero-order valence-corrected chi connectivity index (χ0v) is 14.6. The summed E-state index contributed by atoms with van der Waals surface area (Å²) >= 11 is 6.17. The van der Waals surface area contributed by atoms with E-state index in [1.165, 1.54) is 0 Å². The zero-order valence-electron chi connectivity index (χ0n) is 13.8. The van der Waals surface area contributed by atoms with E-state index in [1.54, 1.807) is 4.68 Å². The van der Waals surface area contributed by atoms with Crippen molar-refractivity contribution in [3.8, 4) is 0 Å². The fourth-order valence-corrected chi connectivity index (χ4v) is 3.47. The fourth-order valence-electron chi connectivity index (χ4n) is 3.17. The van der Waals surface area contributed by atoms with Crippen LogP contribution >= 0.6 is 11.6 Å². The van der Waals surface area contributed by atoms with Gasteiger partial charge in [0.1, 0.15) is 0 Å². The van der Waals surface area contributed by atoms with E-state index in [9.17, 15) is 9.59 Å². The second-order valence-corrected chi connectivity index (χ2v) is 6.60. The van der Waals surface area contributed by atoms with Gasteiger partial charge in [-0.3, -0.25) is 24.3 Å². The highest BCUT2D eigenvalue weighted by atomic mass is 35.5. The van der Waals surface area contributed by atoms with E-state index >= 15 is 0 Å². The van der Waals surface area contributed by atoms with Crippen molar-refractivity contribution < 1.29 is 4.79 Å². The highest BCUT2D eigenvalue weighted by Crippen LogP contribution is 2.22. The Morgan fingerprint density at radius 1 is 1.42 bits per heavy atom. The number of halogens is 1. The minimum absolute atomic E-state index is 0.0241. The van der Waals surface area contributed by atoms with Crippen molar-refractivity contribution in [3.05, 3.63) is 56.5 Å². The number of benzene rings is 1. The van der Waals surface area contributed by atoms with Crippen molar-refractivity contribution in [3.63, 3.8) is 0 Å². The van der Waals surface area contributed by atoms with Gasteiger partial charge in [0.2, 0.25) is 5.91 Å². The molecular formula is C17H21ClN4O2. The van der Waals surface area contributed by atoms with Crippen molar-refractivity contribution in [2.75, 3.05) is 13.1 Å². The molecule has 3 rings (SSSR count). The van der Waals surface area contributed by atoms with Gasteiger partial charge < -0.3 is 5.32 Å². The van der Waals surface area contributed by atoms with Crippen molar-refractivity contribution in [1.82, 2.24) is 20.0 Å². The zero-order chi connectivity index (χ0) is 17.3. The molecule has 0 spiro atoms. The minimum atomic E-state index is -0.150. The number of aryl methyl sites for hydroxylation is 1. The molecule has 0 radical (unpaired) electrons. The molecule has 0 saturated heterocycles. The Hall–Kier alpha value is -2.05. The lowest BCUT2D eigenvalue weighted by Crippen LogP contribution is -2.41. The van der Waals surface area contributed by atoms with Gasteiger partial charge >= 0.3 is 0 Å². The molecule has 24 heavy (non-hydrogen) atoms. The first-order chi connectivity index (χ1) is 11.5. The maximum Gasteiger partial charge on any atom is 0.267 e. The SMILES string of the molecule is CC(NC(=O)CN1CCc2c(n(C)[nH]c2=O)C1)c1ccccc1Cl. The Morgan fingerprint density at radius 3 is 2.92 bits per heavy atom. The molecule has 1 aromatic heterocycles. The number of fused-ring (bicyclic) bond motifs is 1. The molecule has 2 aromatic rings. The van der Waals surface area contributed by atoms with E-state index in [-0.39, 0.29) is 17.5 Å². The molecule has 7 heteroatoms. The summed E-state index contributed by atoms with van der Waals surface area (Å²) in [5.74, 6) is -0.0496. The van der Waals surface area contributed by atoms with Crippen molar-refractivity contribution in [2.24, 2.45) is 7.05 Å². The van der Waals surface area contributed by atoms with Gasteiger partial charge in [0, 0.05) is 30.7 Å². The third-order valence-electron chi connectivity index (χ3n) is 4.46. The predicted molar refractivity (Wildman–Crippen MR) is 93.0 cm³/mol. The Bertz CT molecular complexity index is 811. The topological polar surface area (TPSA) is 70.1 Å². The molecule has 0 fully saturated rings. The van der Waals surface area contributed by atoms with E-state index in [1.807, 2.05) is 43.1 Å². The second kappa shape index (κ2) is 6.83. The normalized spacial score (nSPS) is 15.8. The van der Waals surface area contributed by atoms with Gasteiger partial charge in [-0.25, -0.2) is 0 Å². The molecule has 1 unspecified atom stereocenters. The molecule has 128 valence electrons. The van der Waals surface area contributed by atoms with Gasteiger partial charge in [0.25, 0.3) is 5.56 Å². The Balaban J connectivity index is 1.61. The highest BCUT2D eigenvalue weighted by molar-refractivity contribution is 6.31. The van der Waals surface area contributed by atoms with Crippen LogP contribution in [0.15, 0.2) is 29.1 Å². The summed E-state index contributed by atoms with van der Waals surface area (Å²) < 4.78 is 1.74. The van der Waals surface area contributed by atoms with Crippen LogP contribution in [-0.4, -0.2) is 33.7 Å². The standard InChI is InChI=1S/C17H21ClN4O2/c1-11(12-5-3-4-6-14(12)18)19-16(23)10-22-8-7-13-15(9-22)21(2)20-17(13)24/h3-6,11H,7-10H2,1-2H3,(H,19,23)(H,20,24). The Labute approximate surface area is 145 Å². The van der Waals surface area contributed by atoms with E-state index in [2.05, 4.69) is 10.4 Å². The monoisotopic (exact) mass is 348 g/mol. The van der Waals surface area contributed by atoms with Crippen molar-refractivity contribution >= 4 is 17.5 Å². The van der Waals surface area contributed by atoms with Gasteiger partial charge in [0.05, 0.1) is 18.3 Å². The van der Waals surface area contributed by atoms with E-state index < -0.39 is 0 Å². The van der Waals surface area contributed by atoms with Crippen LogP contribution in [0.5, 0.6) is 0 Å². The first-order valence-corrected chi connectivity index (χ1v) is 8.36. The van der Waals surface area contributed by atoms with Crippen molar-refractivity contribution in [1.29, 1.82) is 0 Å². The first kappa shape index (κ1) is 16.8. The number of hydrogen-bond acceptors (Lipinski definition) is 3. The van der Waals surface area contributed by atoms with Crippen LogP contribution in [0.3, 0.4) is 0 Å². The average molecular weight is 349 g/mol. The van der Waals surface area contributed by atoms with Gasteiger partial charge in [-0.15, -0.1) is 0 Å². The molecule has 1 aliphatic heterocycles. The largest absolute Gasteiger partial charge is 0.348 e. The fraction of sp³-hybridized carbons (Fsp3) is 0.412. The second-order valence-electron chi connectivity index (χ2n) is 6.20. The molecule has 0 saturated carbocycles. The molecule has 1 aromatic carbocycles. The van der Waals surface area contributed by atoms with Crippen LogP contribution in [0.2, 0.25) is 5.02 Å². The maximum atomic E-state index is 12.3. The third kappa shape index (κ3) is 3.39. The lowest BCUT2D eigenvalue weighted by Gasteiger charge is -2.27. The summed E-state index contributed by atoms with van der Waals surface area (Å²) in [6, 6.07) is 7.35. The average Bonchev–Trinajstić information content (AvgIpc) is 2.82. The molecule has 1 aliphatic rings. The van der Waals surface area contributed by atoms with Crippen LogP contribution in [0.25, 0.3) is 0 Å². The molecule has 1 atom stereocenters. The lowest BCUT2D eigenvalue weighted by atomic mass is 10.1. The smallest absolute Gasteiger partial charge is 0.267 e. The quantitative estimate of drug-likeness (QED) is 0.881. The summed E-state index contributed by atoms with van der Waals surface area (Å²) in [5.41, 5.74) is 2.67.